The summed E-state index contributed by atoms with van der Waals surface area (Å²) >= 11 is 1.36. The first-order valence-corrected chi connectivity index (χ1v) is 12.5. The number of thioether (sulfide) groups is 1. The predicted molar refractivity (Wildman–Crippen MR) is 129 cm³/mol. The second kappa shape index (κ2) is 9.97. The maximum Gasteiger partial charge on any atom is 0.410 e. The molecule has 4 aliphatic rings. The first kappa shape index (κ1) is 25.8. The van der Waals surface area contributed by atoms with Crippen molar-refractivity contribution in [2.24, 2.45) is 5.73 Å². The summed E-state index contributed by atoms with van der Waals surface area (Å²) in [5, 5.41) is 9.33. The number of nitrogens with zero attached hydrogens (tertiary/aromatic N) is 4. The monoisotopic (exact) mass is 519 g/mol. The Hall–Kier alpha value is -3.32. The molecule has 12 nitrogen and oxygen atoms in total. The van der Waals surface area contributed by atoms with Crippen molar-refractivity contribution in [2.45, 2.75) is 36.3 Å². The molecule has 0 spiro atoms. The van der Waals surface area contributed by atoms with E-state index in [1.165, 1.54) is 32.5 Å². The molecule has 0 aromatic carbocycles. The number of carboxylic acid groups (broad SMARTS) is 1. The van der Waals surface area contributed by atoms with E-state index in [0.29, 0.717) is 29.9 Å². The number of aliphatic carboxylic acids is 1. The van der Waals surface area contributed by atoms with Crippen LogP contribution in [-0.4, -0.2) is 118 Å². The quantitative estimate of drug-likeness (QED) is 0.271. The topological polar surface area (TPSA) is 154 Å². The molecule has 4 heterocycles. The van der Waals surface area contributed by atoms with Gasteiger partial charge in [-0.1, -0.05) is 12.7 Å². The summed E-state index contributed by atoms with van der Waals surface area (Å²) in [6.45, 7) is 4.03. The van der Waals surface area contributed by atoms with Crippen molar-refractivity contribution in [1.29, 1.82) is 0 Å². The minimum Gasteiger partial charge on any atom is -0.477 e. The highest BCUT2D eigenvalue weighted by molar-refractivity contribution is 8.00. The molecule has 0 unspecified atom stereocenters. The molecule has 0 saturated carbocycles. The summed E-state index contributed by atoms with van der Waals surface area (Å²) in [6.07, 6.45) is 2.98. The van der Waals surface area contributed by atoms with Crippen LogP contribution in [0.25, 0.3) is 0 Å². The Labute approximate surface area is 212 Å². The van der Waals surface area contributed by atoms with Crippen LogP contribution in [0.4, 0.5) is 4.79 Å². The number of allylic oxidation sites excluding steroid dienone is 1. The molecular formula is C23H29N5O7S. The largest absolute Gasteiger partial charge is 0.477 e. The third-order valence-corrected chi connectivity index (χ3v) is 8.08. The lowest BCUT2D eigenvalue weighted by Crippen LogP contribution is -2.68. The van der Waals surface area contributed by atoms with E-state index in [9.17, 15) is 29.1 Å². The van der Waals surface area contributed by atoms with Gasteiger partial charge in [-0.05, 0) is 24.5 Å². The van der Waals surface area contributed by atoms with Gasteiger partial charge in [-0.3, -0.25) is 24.2 Å². The number of carbonyl (C=O) groups excluding carboxylic acids is 4. The van der Waals surface area contributed by atoms with E-state index < -0.39 is 41.5 Å². The fourth-order valence-corrected chi connectivity index (χ4v) is 6.22. The molecule has 3 fully saturated rings. The lowest BCUT2D eigenvalue weighted by Gasteiger charge is -2.47. The van der Waals surface area contributed by atoms with E-state index in [-0.39, 0.29) is 37.1 Å². The number of ether oxygens (including phenoxy) is 1. The zero-order valence-electron chi connectivity index (χ0n) is 20.1. The van der Waals surface area contributed by atoms with Crippen LogP contribution in [0, 0.1) is 0 Å². The predicted octanol–water partition coefficient (Wildman–Crippen LogP) is -0.420. The third kappa shape index (κ3) is 4.37. The van der Waals surface area contributed by atoms with Gasteiger partial charge in [-0.15, -0.1) is 11.8 Å². The summed E-state index contributed by atoms with van der Waals surface area (Å²) in [6, 6.07) is -1.90. The Morgan fingerprint density at radius 2 is 2.03 bits per heavy atom. The molecule has 4 atom stereocenters. The Balaban J connectivity index is 1.55. The van der Waals surface area contributed by atoms with E-state index in [1.807, 2.05) is 0 Å². The second-order valence-corrected chi connectivity index (χ2v) is 10.3. The highest BCUT2D eigenvalue weighted by Crippen LogP contribution is 2.40. The molecule has 0 aliphatic carbocycles. The molecule has 13 heteroatoms. The zero-order chi connectivity index (χ0) is 26.3. The maximum absolute atomic E-state index is 13.3. The summed E-state index contributed by atoms with van der Waals surface area (Å²) in [5.41, 5.74) is 6.46. The van der Waals surface area contributed by atoms with Crippen molar-refractivity contribution in [3.8, 4) is 0 Å². The van der Waals surface area contributed by atoms with Gasteiger partial charge in [0.1, 0.15) is 29.8 Å². The first-order chi connectivity index (χ1) is 17.1. The summed E-state index contributed by atoms with van der Waals surface area (Å²) < 4.78 is 5.15. The fraction of sp³-hybridized carbons (Fsp3) is 0.522. The van der Waals surface area contributed by atoms with Gasteiger partial charge in [-0.25, -0.2) is 9.59 Å². The van der Waals surface area contributed by atoms with E-state index >= 15 is 0 Å². The summed E-state index contributed by atoms with van der Waals surface area (Å²) in [4.78, 5) is 68.3. The smallest absolute Gasteiger partial charge is 0.410 e. The molecule has 36 heavy (non-hydrogen) atoms. The number of nitrogens with two attached hydrogens (primary N) is 1. The van der Waals surface area contributed by atoms with Crippen LogP contribution < -0.4 is 5.73 Å². The summed E-state index contributed by atoms with van der Waals surface area (Å²) in [5.74, 6) is -1.94. The Morgan fingerprint density at radius 3 is 2.67 bits per heavy atom. The van der Waals surface area contributed by atoms with Crippen LogP contribution >= 0.6 is 11.8 Å². The van der Waals surface area contributed by atoms with Crippen molar-refractivity contribution in [3.63, 3.8) is 0 Å². The molecule has 0 aromatic heterocycles. The number of hydrogen-bond acceptors (Lipinski definition) is 8. The van der Waals surface area contributed by atoms with Crippen LogP contribution in [0.1, 0.15) is 12.8 Å². The average Bonchev–Trinajstić information content (AvgIpc) is 3.44. The highest BCUT2D eigenvalue weighted by Gasteiger charge is 2.52. The van der Waals surface area contributed by atoms with Crippen LogP contribution in [-0.2, 0) is 23.9 Å². The lowest BCUT2D eigenvalue weighted by molar-refractivity contribution is -0.147. The minimum absolute atomic E-state index is 0.00270. The van der Waals surface area contributed by atoms with Gasteiger partial charge in [-0.2, -0.15) is 0 Å². The number of hydrogen-bond donors (Lipinski definition) is 2. The van der Waals surface area contributed by atoms with Crippen molar-refractivity contribution in [2.75, 3.05) is 39.5 Å². The van der Waals surface area contributed by atoms with Gasteiger partial charge in [0.05, 0.1) is 6.04 Å². The SMILES string of the molecule is C=CCOC(=O)N1C[C@@H](N2CCC(=CC3=C(C(=O)O)N4C(=O)[C@@H](N)[C@H]4SC3)C2=O)C[C@H]1C(=O)N(C)C. The number of fused-ring (bicyclic) bond motifs is 1. The van der Waals surface area contributed by atoms with Gasteiger partial charge in [0.15, 0.2) is 0 Å². The molecule has 3 saturated heterocycles. The normalized spacial score (nSPS) is 28.9. The maximum atomic E-state index is 13.3. The molecule has 0 aromatic rings. The van der Waals surface area contributed by atoms with Crippen molar-refractivity contribution < 1.29 is 33.8 Å². The summed E-state index contributed by atoms with van der Waals surface area (Å²) in [7, 11) is 3.20. The van der Waals surface area contributed by atoms with Gasteiger partial charge in [0.25, 0.3) is 0 Å². The number of likely N-dealkylation sites (tertiary alicyclic amines) is 2. The van der Waals surface area contributed by atoms with Crippen molar-refractivity contribution in [3.05, 3.63) is 35.6 Å². The minimum atomic E-state index is -1.25. The molecule has 0 bridgehead atoms. The molecule has 0 radical (unpaired) electrons. The molecule has 3 N–H and O–H groups in total. The van der Waals surface area contributed by atoms with E-state index in [4.69, 9.17) is 10.5 Å². The van der Waals surface area contributed by atoms with Crippen molar-refractivity contribution >= 4 is 41.5 Å². The number of carbonyl (C=O) groups is 5. The van der Waals surface area contributed by atoms with E-state index in [2.05, 4.69) is 6.58 Å². The molecular weight excluding hydrogens is 490 g/mol. The number of amides is 4. The highest BCUT2D eigenvalue weighted by atomic mass is 32.2. The second-order valence-electron chi connectivity index (χ2n) is 9.19. The van der Waals surface area contributed by atoms with Gasteiger partial charge < -0.3 is 25.4 Å². The lowest BCUT2D eigenvalue weighted by atomic mass is 10.0. The Morgan fingerprint density at radius 1 is 1.31 bits per heavy atom. The van der Waals surface area contributed by atoms with E-state index in [0.717, 1.165) is 0 Å². The van der Waals surface area contributed by atoms with E-state index in [1.54, 1.807) is 25.1 Å². The Kier molecular flexibility index (Phi) is 7.14. The molecule has 194 valence electrons. The van der Waals surface area contributed by atoms with Crippen LogP contribution in [0.2, 0.25) is 0 Å². The van der Waals surface area contributed by atoms with Crippen LogP contribution in [0.15, 0.2) is 35.6 Å². The molecule has 4 aliphatic heterocycles. The van der Waals surface area contributed by atoms with Crippen LogP contribution in [0.5, 0.6) is 0 Å². The van der Waals surface area contributed by atoms with Crippen LogP contribution in [0.3, 0.4) is 0 Å². The average molecular weight is 520 g/mol. The van der Waals surface area contributed by atoms with Crippen molar-refractivity contribution in [1.82, 2.24) is 19.6 Å². The third-order valence-electron chi connectivity index (χ3n) is 6.75. The van der Waals surface area contributed by atoms with Gasteiger partial charge in [0, 0.05) is 38.5 Å². The van der Waals surface area contributed by atoms with Gasteiger partial charge >= 0.3 is 12.1 Å². The van der Waals surface area contributed by atoms with Gasteiger partial charge in [0.2, 0.25) is 17.7 Å². The number of likely N-dealkylation sites (N-methyl/N-ethyl adjacent to an activating group) is 1. The molecule has 4 amide bonds. The Bertz CT molecular complexity index is 1090. The number of carboxylic acids is 1. The molecule has 4 rings (SSSR count). The number of β-lactam (4-membered cyclic amide) rings is 1. The number of rotatable bonds is 6. The first-order valence-electron chi connectivity index (χ1n) is 11.5. The zero-order valence-corrected chi connectivity index (χ0v) is 20.9. The fourth-order valence-electron chi connectivity index (χ4n) is 4.96. The standard InChI is InChI=1S/C23H29N5O7S/c1-4-7-35-23(34)27-10-14(9-15(27)19(30)25(2)3)26-6-5-12(18(26)29)8-13-11-36-21-16(24)20(31)28(21)17(13)22(32)33/h4,8,14-16,21H,1,5-7,9-11,24H2,2-3H3,(H,32,33)/t14-,15-,16+,21+/m0/s1.